The van der Waals surface area contributed by atoms with Crippen molar-refractivity contribution in [3.05, 3.63) is 83.3 Å². The van der Waals surface area contributed by atoms with Crippen LogP contribution in [0, 0.1) is 6.92 Å². The number of guanidine groups is 1. The third-order valence-electron chi connectivity index (χ3n) is 4.67. The van der Waals surface area contributed by atoms with Gasteiger partial charge < -0.3 is 25.1 Å². The first kappa shape index (κ1) is 22.9. The second kappa shape index (κ2) is 11.0. The summed E-state index contributed by atoms with van der Waals surface area (Å²) in [5.74, 6) is 1.58. The Bertz CT molecular complexity index is 1040. The first-order valence-electron chi connectivity index (χ1n) is 10.6. The number of aliphatic imine (C=N–C) groups is 1. The standard InChI is InChI=1S/C25H30N4O3/c1-17(2)32-23-14-18(3)7-10-20(23)16-28-25(26-4)27-15-19-8-11-21(12-9-19)29-24(30)22-6-5-13-31-22/h5-14,17H,15-16H2,1-4H3,(H,29,30)(H2,26,27,28). The zero-order valence-corrected chi connectivity index (χ0v) is 18.9. The van der Waals surface area contributed by atoms with E-state index in [0.29, 0.717) is 24.7 Å². The van der Waals surface area contributed by atoms with Crippen LogP contribution in [0.5, 0.6) is 5.75 Å². The SMILES string of the molecule is CN=C(NCc1ccc(NC(=O)c2ccco2)cc1)NCc1ccc(C)cc1OC(C)C. The average Bonchev–Trinajstić information content (AvgIpc) is 3.31. The van der Waals surface area contributed by atoms with Crippen LogP contribution in [0.3, 0.4) is 0 Å². The zero-order valence-electron chi connectivity index (χ0n) is 18.9. The summed E-state index contributed by atoms with van der Waals surface area (Å²) in [5, 5.41) is 9.45. The molecule has 3 aromatic rings. The van der Waals surface area contributed by atoms with E-state index in [-0.39, 0.29) is 17.8 Å². The number of anilines is 1. The maximum Gasteiger partial charge on any atom is 0.291 e. The lowest BCUT2D eigenvalue weighted by Crippen LogP contribution is -2.36. The molecule has 1 heterocycles. The van der Waals surface area contributed by atoms with Gasteiger partial charge >= 0.3 is 0 Å². The highest BCUT2D eigenvalue weighted by Gasteiger charge is 2.09. The van der Waals surface area contributed by atoms with Gasteiger partial charge in [0.2, 0.25) is 0 Å². The first-order chi connectivity index (χ1) is 15.4. The Labute approximate surface area is 188 Å². The second-order valence-corrected chi connectivity index (χ2v) is 7.69. The van der Waals surface area contributed by atoms with Crippen molar-refractivity contribution in [1.29, 1.82) is 0 Å². The van der Waals surface area contributed by atoms with Crippen molar-refractivity contribution in [2.75, 3.05) is 12.4 Å². The van der Waals surface area contributed by atoms with Crippen LogP contribution in [0.1, 0.15) is 41.1 Å². The molecule has 0 unspecified atom stereocenters. The van der Waals surface area contributed by atoms with Crippen LogP contribution in [0.4, 0.5) is 5.69 Å². The second-order valence-electron chi connectivity index (χ2n) is 7.69. The van der Waals surface area contributed by atoms with Gasteiger partial charge in [0.25, 0.3) is 5.91 Å². The Morgan fingerprint density at radius 1 is 1.06 bits per heavy atom. The molecule has 0 saturated heterocycles. The number of amides is 1. The minimum Gasteiger partial charge on any atom is -0.491 e. The fraction of sp³-hybridized carbons (Fsp3) is 0.280. The molecule has 3 N–H and O–H groups in total. The van der Waals surface area contributed by atoms with E-state index in [9.17, 15) is 4.79 Å². The first-order valence-corrected chi connectivity index (χ1v) is 10.6. The lowest BCUT2D eigenvalue weighted by Gasteiger charge is -2.17. The minimum atomic E-state index is -0.276. The minimum absolute atomic E-state index is 0.111. The zero-order chi connectivity index (χ0) is 22.9. The number of carbonyl (C=O) groups excluding carboxylic acids is 1. The molecule has 0 fully saturated rings. The number of nitrogens with one attached hydrogen (secondary N) is 3. The van der Waals surface area contributed by atoms with Gasteiger partial charge in [-0.25, -0.2) is 0 Å². The Hall–Kier alpha value is -3.74. The van der Waals surface area contributed by atoms with Crippen molar-refractivity contribution in [2.45, 2.75) is 40.0 Å². The lowest BCUT2D eigenvalue weighted by molar-refractivity contribution is 0.0996. The maximum absolute atomic E-state index is 12.1. The molecule has 0 radical (unpaired) electrons. The summed E-state index contributed by atoms with van der Waals surface area (Å²) < 4.78 is 11.1. The Balaban J connectivity index is 1.52. The Kier molecular flexibility index (Phi) is 7.91. The quantitative estimate of drug-likeness (QED) is 0.359. The third kappa shape index (κ3) is 6.63. The van der Waals surface area contributed by atoms with E-state index in [0.717, 1.165) is 22.4 Å². The smallest absolute Gasteiger partial charge is 0.291 e. The molecule has 0 saturated carbocycles. The molecule has 7 nitrogen and oxygen atoms in total. The third-order valence-corrected chi connectivity index (χ3v) is 4.67. The predicted molar refractivity (Wildman–Crippen MR) is 127 cm³/mol. The summed E-state index contributed by atoms with van der Waals surface area (Å²) >= 11 is 0. The number of ether oxygens (including phenoxy) is 1. The lowest BCUT2D eigenvalue weighted by atomic mass is 10.1. The molecule has 1 aromatic heterocycles. The van der Waals surface area contributed by atoms with Crippen LogP contribution in [-0.2, 0) is 13.1 Å². The molecular formula is C25H30N4O3. The molecule has 0 spiro atoms. The molecule has 0 atom stereocenters. The van der Waals surface area contributed by atoms with Crippen LogP contribution in [-0.4, -0.2) is 25.0 Å². The van der Waals surface area contributed by atoms with Crippen molar-refractivity contribution in [3.63, 3.8) is 0 Å². The number of furan rings is 1. The van der Waals surface area contributed by atoms with Gasteiger partial charge in [-0.05, 0) is 62.2 Å². The number of aryl methyl sites for hydroxylation is 1. The number of benzene rings is 2. The van der Waals surface area contributed by atoms with Crippen molar-refractivity contribution in [2.24, 2.45) is 4.99 Å². The molecule has 0 aliphatic carbocycles. The number of hydrogen-bond donors (Lipinski definition) is 3. The number of rotatable bonds is 8. The number of hydrogen-bond acceptors (Lipinski definition) is 4. The normalized spacial score (nSPS) is 11.3. The highest BCUT2D eigenvalue weighted by atomic mass is 16.5. The molecule has 32 heavy (non-hydrogen) atoms. The molecule has 168 valence electrons. The summed E-state index contributed by atoms with van der Waals surface area (Å²) in [6, 6.07) is 17.1. The van der Waals surface area contributed by atoms with E-state index in [1.807, 2.05) is 38.1 Å². The van der Waals surface area contributed by atoms with Crippen LogP contribution in [0.2, 0.25) is 0 Å². The van der Waals surface area contributed by atoms with Crippen molar-refractivity contribution < 1.29 is 13.9 Å². The maximum atomic E-state index is 12.1. The molecular weight excluding hydrogens is 404 g/mol. The number of nitrogens with zero attached hydrogens (tertiary/aromatic N) is 1. The van der Waals surface area contributed by atoms with E-state index >= 15 is 0 Å². The summed E-state index contributed by atoms with van der Waals surface area (Å²) in [4.78, 5) is 16.4. The summed E-state index contributed by atoms with van der Waals surface area (Å²) in [5.41, 5.74) is 4.00. The molecule has 0 aliphatic heterocycles. The fourth-order valence-electron chi connectivity index (χ4n) is 3.06. The fourth-order valence-corrected chi connectivity index (χ4v) is 3.06. The van der Waals surface area contributed by atoms with E-state index in [2.05, 4.69) is 46.1 Å². The van der Waals surface area contributed by atoms with Crippen molar-refractivity contribution in [3.8, 4) is 5.75 Å². The van der Waals surface area contributed by atoms with Gasteiger partial charge in [-0.1, -0.05) is 24.3 Å². The van der Waals surface area contributed by atoms with Gasteiger partial charge in [-0.3, -0.25) is 9.79 Å². The molecule has 7 heteroatoms. The molecule has 1 amide bonds. The number of carbonyl (C=O) groups is 1. The van der Waals surface area contributed by atoms with Gasteiger partial charge in [-0.2, -0.15) is 0 Å². The highest BCUT2D eigenvalue weighted by Crippen LogP contribution is 2.21. The Morgan fingerprint density at radius 2 is 1.81 bits per heavy atom. The van der Waals surface area contributed by atoms with Crippen LogP contribution in [0.25, 0.3) is 0 Å². The monoisotopic (exact) mass is 434 g/mol. The van der Waals surface area contributed by atoms with Crippen LogP contribution < -0.4 is 20.7 Å². The van der Waals surface area contributed by atoms with E-state index in [4.69, 9.17) is 9.15 Å². The summed E-state index contributed by atoms with van der Waals surface area (Å²) in [6.45, 7) is 7.29. The van der Waals surface area contributed by atoms with Crippen molar-refractivity contribution >= 4 is 17.6 Å². The largest absolute Gasteiger partial charge is 0.491 e. The topological polar surface area (TPSA) is 87.9 Å². The molecule has 0 aliphatic rings. The van der Waals surface area contributed by atoms with Gasteiger partial charge in [-0.15, -0.1) is 0 Å². The van der Waals surface area contributed by atoms with Gasteiger partial charge in [0.05, 0.1) is 12.4 Å². The molecule has 2 aromatic carbocycles. The summed E-state index contributed by atoms with van der Waals surface area (Å²) in [6.07, 6.45) is 1.58. The Morgan fingerprint density at radius 3 is 2.47 bits per heavy atom. The van der Waals surface area contributed by atoms with E-state index < -0.39 is 0 Å². The average molecular weight is 435 g/mol. The van der Waals surface area contributed by atoms with Crippen molar-refractivity contribution in [1.82, 2.24) is 10.6 Å². The van der Waals surface area contributed by atoms with E-state index in [1.54, 1.807) is 19.2 Å². The summed E-state index contributed by atoms with van der Waals surface area (Å²) in [7, 11) is 1.74. The van der Waals surface area contributed by atoms with Crippen LogP contribution >= 0.6 is 0 Å². The predicted octanol–water partition coefficient (Wildman–Crippen LogP) is 4.49. The van der Waals surface area contributed by atoms with Gasteiger partial charge in [0, 0.05) is 31.4 Å². The molecule has 3 rings (SSSR count). The van der Waals surface area contributed by atoms with Gasteiger partial charge in [0.1, 0.15) is 5.75 Å². The van der Waals surface area contributed by atoms with Crippen LogP contribution in [0.15, 0.2) is 70.3 Å². The van der Waals surface area contributed by atoms with Gasteiger partial charge in [0.15, 0.2) is 11.7 Å². The highest BCUT2D eigenvalue weighted by molar-refractivity contribution is 6.02. The molecule has 0 bridgehead atoms. The van der Waals surface area contributed by atoms with E-state index in [1.165, 1.54) is 6.26 Å².